The number of carbonyl (C=O) groups excluding carboxylic acids is 1. The summed E-state index contributed by atoms with van der Waals surface area (Å²) in [5.74, 6) is 1.11. The van der Waals surface area contributed by atoms with Crippen molar-refractivity contribution < 1.29 is 9.18 Å². The number of benzene rings is 2. The van der Waals surface area contributed by atoms with Crippen LogP contribution in [0.25, 0.3) is 0 Å². The van der Waals surface area contributed by atoms with E-state index in [0.717, 1.165) is 29.4 Å². The van der Waals surface area contributed by atoms with Crippen LogP contribution in [-0.2, 0) is 11.3 Å². The van der Waals surface area contributed by atoms with Crippen molar-refractivity contribution in [2.45, 2.75) is 55.6 Å². The summed E-state index contributed by atoms with van der Waals surface area (Å²) >= 11 is 1.42. The van der Waals surface area contributed by atoms with Gasteiger partial charge in [0.05, 0.1) is 17.8 Å². The number of amides is 1. The fourth-order valence-electron chi connectivity index (χ4n) is 3.32. The van der Waals surface area contributed by atoms with Gasteiger partial charge in [0.25, 0.3) is 0 Å². The second-order valence-electron chi connectivity index (χ2n) is 7.73. The minimum atomic E-state index is -0.335. The molecule has 0 spiro atoms. The summed E-state index contributed by atoms with van der Waals surface area (Å²) in [7, 11) is 0. The van der Waals surface area contributed by atoms with Gasteiger partial charge in [0.2, 0.25) is 5.91 Å². The van der Waals surface area contributed by atoms with Gasteiger partial charge in [-0.15, -0.1) is 10.2 Å². The third-order valence-corrected chi connectivity index (χ3v) is 6.33. The fourth-order valence-corrected chi connectivity index (χ4v) is 4.19. The minimum absolute atomic E-state index is 0.0842. The third kappa shape index (κ3) is 4.90. The summed E-state index contributed by atoms with van der Waals surface area (Å²) in [6, 6.07) is 16.2. The molecule has 0 radical (unpaired) electrons. The highest BCUT2D eigenvalue weighted by atomic mass is 32.2. The molecule has 1 fully saturated rings. The van der Waals surface area contributed by atoms with E-state index in [1.54, 1.807) is 12.1 Å². The predicted octanol–water partition coefficient (Wildman–Crippen LogP) is 4.70. The third-order valence-electron chi connectivity index (χ3n) is 5.25. The molecule has 156 valence electrons. The van der Waals surface area contributed by atoms with E-state index in [1.807, 2.05) is 32.0 Å². The maximum Gasteiger partial charge on any atom is 0.233 e. The largest absolute Gasteiger partial charge is 0.349 e. The average molecular weight is 425 g/mol. The maximum absolute atomic E-state index is 13.1. The molecule has 1 N–H and O–H groups in total. The lowest BCUT2D eigenvalue weighted by Gasteiger charge is -2.18. The van der Waals surface area contributed by atoms with Crippen molar-refractivity contribution in [2.75, 3.05) is 0 Å². The lowest BCUT2D eigenvalue weighted by atomic mass is 10.1. The van der Waals surface area contributed by atoms with Crippen molar-refractivity contribution in [3.8, 4) is 0 Å². The summed E-state index contributed by atoms with van der Waals surface area (Å²) in [6.07, 6.45) is 2.28. The van der Waals surface area contributed by atoms with Gasteiger partial charge in [-0.25, -0.2) is 4.39 Å². The van der Waals surface area contributed by atoms with Gasteiger partial charge < -0.3 is 9.88 Å². The van der Waals surface area contributed by atoms with Crippen LogP contribution in [0.3, 0.4) is 0 Å². The summed E-state index contributed by atoms with van der Waals surface area (Å²) in [6.45, 7) is 4.46. The molecule has 30 heavy (non-hydrogen) atoms. The number of halogens is 1. The molecular formula is C23H25FN4OS. The molecular weight excluding hydrogens is 399 g/mol. The van der Waals surface area contributed by atoms with Gasteiger partial charge in [0.15, 0.2) is 5.16 Å². The molecule has 0 aliphatic heterocycles. The first-order chi connectivity index (χ1) is 14.5. The van der Waals surface area contributed by atoms with Crippen LogP contribution in [0.1, 0.15) is 55.6 Å². The molecule has 4 rings (SSSR count). The number of thioether (sulfide) groups is 1. The number of carbonyl (C=O) groups is 1. The van der Waals surface area contributed by atoms with E-state index in [-0.39, 0.29) is 23.0 Å². The molecule has 3 aromatic rings. The Labute approximate surface area is 180 Å². The SMILES string of the molecule is C[C@H](NC(=O)[C@@H](C)Sc1nnc(C2CC2)n1Cc1ccccc1)c1ccc(F)cc1. The Bertz CT molecular complexity index is 1000. The molecule has 1 aliphatic rings. The summed E-state index contributed by atoms with van der Waals surface area (Å²) in [4.78, 5) is 12.8. The van der Waals surface area contributed by atoms with Crippen molar-refractivity contribution in [3.05, 3.63) is 77.4 Å². The highest BCUT2D eigenvalue weighted by molar-refractivity contribution is 8.00. The quantitative estimate of drug-likeness (QED) is 0.533. The van der Waals surface area contributed by atoms with Gasteiger partial charge in [-0.3, -0.25) is 4.79 Å². The second kappa shape index (κ2) is 9.00. The zero-order valence-corrected chi connectivity index (χ0v) is 17.9. The molecule has 2 atom stereocenters. The van der Waals surface area contributed by atoms with Gasteiger partial charge in [-0.2, -0.15) is 0 Å². The zero-order chi connectivity index (χ0) is 21.1. The van der Waals surface area contributed by atoms with Gasteiger partial charge in [0, 0.05) is 5.92 Å². The maximum atomic E-state index is 13.1. The van der Waals surface area contributed by atoms with E-state index in [0.29, 0.717) is 12.5 Å². The Morgan fingerprint density at radius 3 is 2.50 bits per heavy atom. The van der Waals surface area contributed by atoms with Crippen LogP contribution in [-0.4, -0.2) is 25.9 Å². The molecule has 5 nitrogen and oxygen atoms in total. The topological polar surface area (TPSA) is 59.8 Å². The van der Waals surface area contributed by atoms with Crippen LogP contribution in [0.5, 0.6) is 0 Å². The van der Waals surface area contributed by atoms with Crippen molar-refractivity contribution in [2.24, 2.45) is 0 Å². The Kier molecular flexibility index (Phi) is 6.18. The summed E-state index contributed by atoms with van der Waals surface area (Å²) < 4.78 is 15.3. The van der Waals surface area contributed by atoms with Crippen LogP contribution in [0.2, 0.25) is 0 Å². The van der Waals surface area contributed by atoms with E-state index in [4.69, 9.17) is 0 Å². The van der Waals surface area contributed by atoms with E-state index in [2.05, 4.69) is 32.2 Å². The lowest BCUT2D eigenvalue weighted by Crippen LogP contribution is -2.33. The van der Waals surface area contributed by atoms with Crippen molar-refractivity contribution in [1.29, 1.82) is 0 Å². The number of nitrogens with zero attached hydrogens (tertiary/aromatic N) is 3. The lowest BCUT2D eigenvalue weighted by molar-refractivity contribution is -0.120. The molecule has 0 unspecified atom stereocenters. The van der Waals surface area contributed by atoms with E-state index in [1.165, 1.54) is 29.5 Å². The zero-order valence-electron chi connectivity index (χ0n) is 17.1. The van der Waals surface area contributed by atoms with Gasteiger partial charge >= 0.3 is 0 Å². The predicted molar refractivity (Wildman–Crippen MR) is 116 cm³/mol. The monoisotopic (exact) mass is 424 g/mol. The molecule has 1 saturated carbocycles. The molecule has 0 saturated heterocycles. The van der Waals surface area contributed by atoms with E-state index >= 15 is 0 Å². The number of aromatic nitrogens is 3. The van der Waals surface area contributed by atoms with Crippen LogP contribution in [0.15, 0.2) is 59.8 Å². The van der Waals surface area contributed by atoms with Gasteiger partial charge in [0.1, 0.15) is 11.6 Å². The van der Waals surface area contributed by atoms with Gasteiger partial charge in [-0.05, 0) is 49.9 Å². The van der Waals surface area contributed by atoms with Crippen LogP contribution in [0.4, 0.5) is 4.39 Å². The molecule has 2 aromatic carbocycles. The first-order valence-electron chi connectivity index (χ1n) is 10.2. The Morgan fingerprint density at radius 2 is 1.83 bits per heavy atom. The summed E-state index contributed by atoms with van der Waals surface area (Å²) in [5.41, 5.74) is 2.05. The molecule has 7 heteroatoms. The first kappa shape index (κ1) is 20.6. The van der Waals surface area contributed by atoms with E-state index < -0.39 is 0 Å². The number of hydrogen-bond donors (Lipinski definition) is 1. The molecule has 1 aromatic heterocycles. The van der Waals surface area contributed by atoms with Crippen LogP contribution < -0.4 is 5.32 Å². The van der Waals surface area contributed by atoms with E-state index in [9.17, 15) is 9.18 Å². The fraction of sp³-hybridized carbons (Fsp3) is 0.348. The second-order valence-corrected chi connectivity index (χ2v) is 9.04. The molecule has 1 heterocycles. The standard InChI is InChI=1S/C23H25FN4OS/c1-15(18-10-12-20(24)13-11-18)25-22(29)16(2)30-23-27-26-21(19-8-9-19)28(23)14-17-6-4-3-5-7-17/h3-7,10-13,15-16,19H,8-9,14H2,1-2H3,(H,25,29)/t15-,16+/m0/s1. The summed E-state index contributed by atoms with van der Waals surface area (Å²) in [5, 5.41) is 12.3. The normalized spacial score (nSPS) is 15.6. The van der Waals surface area contributed by atoms with Crippen molar-refractivity contribution in [1.82, 2.24) is 20.1 Å². The number of hydrogen-bond acceptors (Lipinski definition) is 4. The van der Waals surface area contributed by atoms with Crippen LogP contribution >= 0.6 is 11.8 Å². The number of nitrogens with one attached hydrogen (secondary N) is 1. The number of rotatable bonds is 8. The average Bonchev–Trinajstić information content (AvgIpc) is 3.52. The highest BCUT2D eigenvalue weighted by Gasteiger charge is 2.31. The first-order valence-corrected chi connectivity index (χ1v) is 11.1. The molecule has 0 bridgehead atoms. The Morgan fingerprint density at radius 1 is 1.13 bits per heavy atom. The van der Waals surface area contributed by atoms with Crippen molar-refractivity contribution in [3.63, 3.8) is 0 Å². The smallest absolute Gasteiger partial charge is 0.233 e. The Hall–Kier alpha value is -2.67. The van der Waals surface area contributed by atoms with Gasteiger partial charge in [-0.1, -0.05) is 54.2 Å². The Balaban J connectivity index is 1.45. The minimum Gasteiger partial charge on any atom is -0.349 e. The van der Waals surface area contributed by atoms with Crippen LogP contribution in [0, 0.1) is 5.82 Å². The highest BCUT2D eigenvalue weighted by Crippen LogP contribution is 2.40. The molecule has 1 amide bonds. The molecule has 1 aliphatic carbocycles. The van der Waals surface area contributed by atoms with Crippen molar-refractivity contribution >= 4 is 17.7 Å².